The summed E-state index contributed by atoms with van der Waals surface area (Å²) in [5.41, 5.74) is 0.352. The topological polar surface area (TPSA) is 12.9 Å². The van der Waals surface area contributed by atoms with Gasteiger partial charge < -0.3 is 0 Å². The second kappa shape index (κ2) is 4.67. The highest BCUT2D eigenvalue weighted by Gasteiger charge is 2.58. The first-order valence-electron chi connectivity index (χ1n) is 5.88. The molecule has 0 radical (unpaired) electrons. The molecule has 1 heterocycles. The van der Waals surface area contributed by atoms with E-state index in [1.54, 1.807) is 24.3 Å². The Morgan fingerprint density at radius 3 is 2.26 bits per heavy atom. The van der Waals surface area contributed by atoms with Crippen molar-refractivity contribution in [3.05, 3.63) is 42.1 Å². The van der Waals surface area contributed by atoms with Crippen molar-refractivity contribution >= 4 is 22.5 Å². The van der Waals surface area contributed by atoms with Crippen LogP contribution in [0, 0.1) is 5.92 Å². The Kier molecular flexibility index (Phi) is 3.47. The monoisotopic (exact) mass is 287 g/mol. The van der Waals surface area contributed by atoms with E-state index in [9.17, 15) is 13.2 Å². The Morgan fingerprint density at radius 2 is 1.68 bits per heavy atom. The number of hydrogen-bond acceptors (Lipinski definition) is 1. The van der Waals surface area contributed by atoms with Crippen LogP contribution in [0.15, 0.2) is 36.4 Å². The van der Waals surface area contributed by atoms with Gasteiger partial charge in [0.25, 0.3) is 0 Å². The first-order chi connectivity index (χ1) is 8.76. The molecular weight excluding hydrogens is 275 g/mol. The standard InChI is InChI=1S/C14H13ClF3N/c1-9(2)13(15,14(16,17)18)12-8-7-10-5-3-4-6-11(10)19-12/h3-9H,1-2H3. The van der Waals surface area contributed by atoms with Crippen LogP contribution in [0.1, 0.15) is 19.5 Å². The molecule has 0 amide bonds. The van der Waals surface area contributed by atoms with Crippen LogP contribution in [-0.4, -0.2) is 11.2 Å². The lowest BCUT2D eigenvalue weighted by atomic mass is 9.90. The van der Waals surface area contributed by atoms with E-state index in [4.69, 9.17) is 11.6 Å². The van der Waals surface area contributed by atoms with Crippen LogP contribution in [0.2, 0.25) is 0 Å². The summed E-state index contributed by atoms with van der Waals surface area (Å²) in [5, 5.41) is 0.788. The Morgan fingerprint density at radius 1 is 1.05 bits per heavy atom. The van der Waals surface area contributed by atoms with Gasteiger partial charge in [0.1, 0.15) is 0 Å². The van der Waals surface area contributed by atoms with E-state index in [0.29, 0.717) is 5.52 Å². The molecule has 2 aromatic rings. The lowest BCUT2D eigenvalue weighted by Crippen LogP contribution is -2.42. The Hall–Kier alpha value is -1.29. The molecule has 0 N–H and O–H groups in total. The van der Waals surface area contributed by atoms with E-state index < -0.39 is 17.0 Å². The van der Waals surface area contributed by atoms with Crippen molar-refractivity contribution in [3.8, 4) is 0 Å². The molecule has 0 aliphatic heterocycles. The predicted octanol–water partition coefficient (Wildman–Crippen LogP) is 4.89. The third-order valence-corrected chi connectivity index (χ3v) is 4.02. The fourth-order valence-electron chi connectivity index (χ4n) is 2.04. The molecule has 1 aromatic heterocycles. The highest BCUT2D eigenvalue weighted by atomic mass is 35.5. The summed E-state index contributed by atoms with van der Waals surface area (Å²) in [4.78, 5) is 1.62. The largest absolute Gasteiger partial charge is 0.413 e. The van der Waals surface area contributed by atoms with Gasteiger partial charge in [-0.1, -0.05) is 38.1 Å². The highest BCUT2D eigenvalue weighted by Crippen LogP contribution is 2.49. The molecule has 0 aliphatic carbocycles. The average molecular weight is 288 g/mol. The fraction of sp³-hybridized carbons (Fsp3) is 0.357. The third-order valence-electron chi connectivity index (χ3n) is 3.18. The first-order valence-corrected chi connectivity index (χ1v) is 6.26. The minimum atomic E-state index is -4.56. The van der Waals surface area contributed by atoms with Crippen LogP contribution in [0.3, 0.4) is 0 Å². The van der Waals surface area contributed by atoms with Crippen LogP contribution in [0.25, 0.3) is 10.9 Å². The second-order valence-corrected chi connectivity index (χ2v) is 5.35. The van der Waals surface area contributed by atoms with Crippen molar-refractivity contribution in [1.82, 2.24) is 4.98 Å². The van der Waals surface area contributed by atoms with Gasteiger partial charge in [-0.05, 0) is 18.1 Å². The maximum absolute atomic E-state index is 13.3. The van der Waals surface area contributed by atoms with Gasteiger partial charge in [-0.3, -0.25) is 4.98 Å². The van der Waals surface area contributed by atoms with E-state index >= 15 is 0 Å². The van der Waals surface area contributed by atoms with Crippen molar-refractivity contribution in [1.29, 1.82) is 0 Å². The molecule has 19 heavy (non-hydrogen) atoms. The molecule has 5 heteroatoms. The molecule has 0 saturated carbocycles. The second-order valence-electron chi connectivity index (χ2n) is 4.75. The smallest absolute Gasteiger partial charge is 0.251 e. The quantitative estimate of drug-likeness (QED) is 0.717. The molecule has 0 saturated heterocycles. The number of hydrogen-bond donors (Lipinski definition) is 0. The van der Waals surface area contributed by atoms with Gasteiger partial charge in [0.05, 0.1) is 11.2 Å². The number of fused-ring (bicyclic) bond motifs is 1. The van der Waals surface area contributed by atoms with E-state index in [2.05, 4.69) is 4.98 Å². The van der Waals surface area contributed by atoms with Crippen molar-refractivity contribution in [2.75, 3.05) is 0 Å². The highest BCUT2D eigenvalue weighted by molar-refractivity contribution is 6.24. The number of aromatic nitrogens is 1. The summed E-state index contributed by atoms with van der Waals surface area (Å²) in [6.07, 6.45) is -4.56. The molecule has 0 aliphatic rings. The van der Waals surface area contributed by atoms with E-state index in [0.717, 1.165) is 5.39 Å². The molecule has 0 spiro atoms. The normalized spacial score (nSPS) is 15.7. The maximum atomic E-state index is 13.3. The van der Waals surface area contributed by atoms with E-state index in [1.807, 2.05) is 6.07 Å². The first kappa shape index (κ1) is 14.1. The zero-order valence-corrected chi connectivity index (χ0v) is 11.3. The van der Waals surface area contributed by atoms with Crippen molar-refractivity contribution < 1.29 is 13.2 Å². The molecule has 1 atom stereocenters. The SMILES string of the molecule is CC(C)C(Cl)(c1ccc2ccccc2n1)C(F)(F)F. The molecule has 0 bridgehead atoms. The zero-order chi connectivity index (χ0) is 14.3. The summed E-state index contributed by atoms with van der Waals surface area (Å²) < 4.78 is 39.8. The van der Waals surface area contributed by atoms with Gasteiger partial charge in [-0.25, -0.2) is 0 Å². The minimum Gasteiger partial charge on any atom is -0.251 e. The maximum Gasteiger partial charge on any atom is 0.413 e. The van der Waals surface area contributed by atoms with Crippen LogP contribution in [0.5, 0.6) is 0 Å². The fourth-order valence-corrected chi connectivity index (χ4v) is 2.14. The van der Waals surface area contributed by atoms with Crippen LogP contribution in [0.4, 0.5) is 13.2 Å². The number of rotatable bonds is 2. The average Bonchev–Trinajstić information content (AvgIpc) is 2.35. The Labute approximate surface area is 114 Å². The lowest BCUT2D eigenvalue weighted by Gasteiger charge is -2.32. The van der Waals surface area contributed by atoms with Crippen molar-refractivity contribution in [3.63, 3.8) is 0 Å². The van der Waals surface area contributed by atoms with E-state index in [1.165, 1.54) is 19.9 Å². The summed E-state index contributed by atoms with van der Waals surface area (Å²) >= 11 is 5.89. The van der Waals surface area contributed by atoms with Gasteiger partial charge in [-0.2, -0.15) is 13.2 Å². The molecule has 0 fully saturated rings. The van der Waals surface area contributed by atoms with Crippen molar-refractivity contribution in [2.45, 2.75) is 24.9 Å². The number of nitrogens with zero attached hydrogens (tertiary/aromatic N) is 1. The molecule has 2 rings (SSSR count). The summed E-state index contributed by atoms with van der Waals surface area (Å²) in [6, 6.07) is 9.98. The van der Waals surface area contributed by atoms with E-state index in [-0.39, 0.29) is 5.69 Å². The minimum absolute atomic E-state index is 0.157. The number of para-hydroxylation sites is 1. The molecule has 1 aromatic carbocycles. The molecule has 1 nitrogen and oxygen atoms in total. The predicted molar refractivity (Wildman–Crippen MR) is 70.2 cm³/mol. The molecule has 102 valence electrons. The zero-order valence-electron chi connectivity index (χ0n) is 10.5. The number of alkyl halides is 4. The third kappa shape index (κ3) is 2.29. The molecule has 1 unspecified atom stereocenters. The van der Waals surface area contributed by atoms with Crippen LogP contribution >= 0.6 is 11.6 Å². The number of benzene rings is 1. The van der Waals surface area contributed by atoms with Crippen LogP contribution in [-0.2, 0) is 4.87 Å². The summed E-state index contributed by atoms with van der Waals surface area (Å²) in [5.74, 6) is -0.817. The van der Waals surface area contributed by atoms with Crippen molar-refractivity contribution in [2.24, 2.45) is 5.92 Å². The Balaban J connectivity index is 2.64. The lowest BCUT2D eigenvalue weighted by molar-refractivity contribution is -0.176. The Bertz CT molecular complexity index is 595. The van der Waals surface area contributed by atoms with Gasteiger partial charge in [0.2, 0.25) is 0 Å². The van der Waals surface area contributed by atoms with Gasteiger partial charge in [0.15, 0.2) is 4.87 Å². The summed E-state index contributed by atoms with van der Waals surface area (Å²) in [7, 11) is 0. The molecular formula is C14H13ClF3N. The van der Waals surface area contributed by atoms with Crippen LogP contribution < -0.4 is 0 Å². The number of pyridine rings is 1. The van der Waals surface area contributed by atoms with Gasteiger partial charge in [0, 0.05) is 5.39 Å². The summed E-state index contributed by atoms with van der Waals surface area (Å²) in [6.45, 7) is 2.88. The number of halogens is 4. The van der Waals surface area contributed by atoms with Gasteiger partial charge >= 0.3 is 6.18 Å². The van der Waals surface area contributed by atoms with Gasteiger partial charge in [-0.15, -0.1) is 11.6 Å².